The maximum atomic E-state index is 4.45. The van der Waals surface area contributed by atoms with E-state index < -0.39 is 0 Å². The van der Waals surface area contributed by atoms with Crippen LogP contribution in [-0.2, 0) is 32.7 Å². The minimum atomic E-state index is 0. The van der Waals surface area contributed by atoms with E-state index in [4.69, 9.17) is 0 Å². The van der Waals surface area contributed by atoms with Crippen LogP contribution >= 0.6 is 12.6 Å². The molecule has 4 heteroatoms. The summed E-state index contributed by atoms with van der Waals surface area (Å²) in [5.41, 5.74) is 0. The smallest absolute Gasteiger partial charge is 0.126 e. The molecule has 1 aliphatic heterocycles. The molecule has 2 unspecified atom stereocenters. The summed E-state index contributed by atoms with van der Waals surface area (Å²) in [5, 5.41) is 0.435. The molecule has 2 heterocycles. The average Bonchev–Trinajstić information content (AvgIpc) is 2.47. The first-order valence-corrected chi connectivity index (χ1v) is 4.98. The van der Waals surface area contributed by atoms with E-state index in [0.29, 0.717) is 11.3 Å². The predicted molar refractivity (Wildman–Crippen MR) is 64.5 cm³/mol. The first kappa shape index (κ1) is 15.4. The van der Waals surface area contributed by atoms with Crippen molar-refractivity contribution < 1.29 is 32.7 Å². The second-order valence-corrected chi connectivity index (χ2v) is 4.11. The standard InChI is InChI=1S/C10H13N2S.CH3.Y/c1-8-6-9(13)7-12(8)10-4-2-3-5-11-10;;/h2-5,8-9,13H,1,6-7H2;1H3;/q2*-1;. The second kappa shape index (κ2) is 6.87. The van der Waals surface area contributed by atoms with Gasteiger partial charge in [-0.25, -0.2) is 4.98 Å². The number of anilines is 1. The molecule has 2 atom stereocenters. The van der Waals surface area contributed by atoms with E-state index in [2.05, 4.69) is 29.4 Å². The first-order valence-electron chi connectivity index (χ1n) is 4.46. The quantitative estimate of drug-likeness (QED) is 0.632. The summed E-state index contributed by atoms with van der Waals surface area (Å²) in [5.74, 6) is 1.01. The van der Waals surface area contributed by atoms with Crippen molar-refractivity contribution in [1.82, 2.24) is 4.98 Å². The van der Waals surface area contributed by atoms with Crippen LogP contribution in [0.2, 0.25) is 0 Å². The number of aromatic nitrogens is 1. The summed E-state index contributed by atoms with van der Waals surface area (Å²) in [6.45, 7) is 5.04. The number of thiol groups is 1. The minimum Gasteiger partial charge on any atom is -0.383 e. The Morgan fingerprint density at radius 3 is 2.67 bits per heavy atom. The summed E-state index contributed by atoms with van der Waals surface area (Å²) in [4.78, 5) is 6.50. The molecule has 0 aromatic carbocycles. The Bertz CT molecular complexity index is 281. The van der Waals surface area contributed by atoms with Crippen LogP contribution in [0.1, 0.15) is 6.42 Å². The molecule has 15 heavy (non-hydrogen) atoms. The fourth-order valence-electron chi connectivity index (χ4n) is 1.70. The zero-order valence-corrected chi connectivity index (χ0v) is 12.7. The van der Waals surface area contributed by atoms with E-state index >= 15 is 0 Å². The molecule has 1 fully saturated rings. The summed E-state index contributed by atoms with van der Waals surface area (Å²) in [6.07, 6.45) is 2.85. The molecule has 0 N–H and O–H groups in total. The molecule has 1 aromatic heterocycles. The topological polar surface area (TPSA) is 16.1 Å². The van der Waals surface area contributed by atoms with Crippen molar-refractivity contribution in [3.63, 3.8) is 0 Å². The Kier molecular flexibility index (Phi) is 7.06. The van der Waals surface area contributed by atoms with Crippen LogP contribution < -0.4 is 4.90 Å². The molecule has 1 radical (unpaired) electrons. The molecule has 1 aliphatic rings. The van der Waals surface area contributed by atoms with Gasteiger partial charge in [-0.15, -0.1) is 0 Å². The molecule has 0 amide bonds. The third-order valence-corrected chi connectivity index (χ3v) is 2.71. The number of hydrogen-bond acceptors (Lipinski definition) is 3. The molecule has 1 aromatic rings. The number of hydrogen-bond donors (Lipinski definition) is 1. The largest absolute Gasteiger partial charge is 0.383 e. The van der Waals surface area contributed by atoms with Crippen molar-refractivity contribution in [3.05, 3.63) is 38.7 Å². The van der Waals surface area contributed by atoms with E-state index in [1.807, 2.05) is 24.4 Å². The third kappa shape index (κ3) is 3.72. The molecule has 2 rings (SSSR count). The van der Waals surface area contributed by atoms with Crippen LogP contribution in [0.4, 0.5) is 5.82 Å². The predicted octanol–water partition coefficient (Wildman–Crippen LogP) is 2.24. The first-order chi connectivity index (χ1) is 6.27. The van der Waals surface area contributed by atoms with Crippen molar-refractivity contribution in [2.24, 2.45) is 0 Å². The Labute approximate surface area is 123 Å². The van der Waals surface area contributed by atoms with Crippen molar-refractivity contribution in [3.8, 4) is 0 Å². The normalized spacial score (nSPS) is 24.3. The van der Waals surface area contributed by atoms with Gasteiger partial charge >= 0.3 is 0 Å². The second-order valence-electron chi connectivity index (χ2n) is 3.38. The van der Waals surface area contributed by atoms with Gasteiger partial charge < -0.3 is 19.3 Å². The zero-order chi connectivity index (χ0) is 9.26. The van der Waals surface area contributed by atoms with Crippen LogP contribution in [0.25, 0.3) is 0 Å². The summed E-state index contributed by atoms with van der Waals surface area (Å²) < 4.78 is 0. The van der Waals surface area contributed by atoms with Gasteiger partial charge in [0.05, 0.1) is 0 Å². The molecule has 1 saturated heterocycles. The third-order valence-electron chi connectivity index (χ3n) is 2.34. The van der Waals surface area contributed by atoms with E-state index in [1.54, 1.807) is 0 Å². The SMILES string of the molecule is [CH2-]C1CC(S)CN1c1ccccn1.[CH3-].[Y]. The molecular weight excluding hydrogens is 281 g/mol. The van der Waals surface area contributed by atoms with Gasteiger partial charge in [0, 0.05) is 50.7 Å². The molecule has 0 spiro atoms. The summed E-state index contributed by atoms with van der Waals surface area (Å²) >= 11 is 4.45. The van der Waals surface area contributed by atoms with Crippen molar-refractivity contribution in [1.29, 1.82) is 0 Å². The van der Waals surface area contributed by atoms with Gasteiger partial charge in [-0.2, -0.15) is 12.6 Å². The van der Waals surface area contributed by atoms with Crippen LogP contribution in [0.3, 0.4) is 0 Å². The van der Waals surface area contributed by atoms with Gasteiger partial charge in [0.15, 0.2) is 0 Å². The molecule has 0 saturated carbocycles. The number of rotatable bonds is 1. The molecule has 81 valence electrons. The molecule has 0 aliphatic carbocycles. The molecule has 0 bridgehead atoms. The Morgan fingerprint density at radius 1 is 1.47 bits per heavy atom. The zero-order valence-electron chi connectivity index (χ0n) is 9.00. The Hall–Kier alpha value is 0.404. The monoisotopic (exact) mass is 297 g/mol. The maximum absolute atomic E-state index is 4.45. The van der Waals surface area contributed by atoms with Gasteiger partial charge in [-0.3, -0.25) is 0 Å². The minimum absolute atomic E-state index is 0. The van der Waals surface area contributed by atoms with Crippen LogP contribution in [0.15, 0.2) is 24.4 Å². The van der Waals surface area contributed by atoms with E-state index in [0.717, 1.165) is 18.8 Å². The van der Waals surface area contributed by atoms with Gasteiger partial charge in [0.2, 0.25) is 0 Å². The van der Waals surface area contributed by atoms with Gasteiger partial charge in [-0.1, -0.05) is 12.1 Å². The van der Waals surface area contributed by atoms with Crippen molar-refractivity contribution >= 4 is 18.4 Å². The molecular formula is C11H16N2SY-2. The van der Waals surface area contributed by atoms with Crippen LogP contribution in [0, 0.1) is 14.4 Å². The van der Waals surface area contributed by atoms with Crippen LogP contribution in [-0.4, -0.2) is 22.8 Å². The Balaban J connectivity index is 0.000000980. The summed E-state index contributed by atoms with van der Waals surface area (Å²) in [7, 11) is 0. The fraction of sp³-hybridized carbons (Fsp3) is 0.364. The van der Waals surface area contributed by atoms with Crippen molar-refractivity contribution in [2.75, 3.05) is 11.4 Å². The maximum Gasteiger partial charge on any atom is 0.126 e. The van der Waals surface area contributed by atoms with Gasteiger partial charge in [-0.05, 0) is 18.6 Å². The van der Waals surface area contributed by atoms with Gasteiger partial charge in [0.25, 0.3) is 0 Å². The fourth-order valence-corrected chi connectivity index (χ4v) is 2.12. The number of pyridine rings is 1. The van der Waals surface area contributed by atoms with E-state index in [1.165, 1.54) is 0 Å². The Morgan fingerprint density at radius 2 is 2.20 bits per heavy atom. The summed E-state index contributed by atoms with van der Waals surface area (Å²) in [6, 6.07) is 6.26. The number of nitrogens with zero attached hydrogens (tertiary/aromatic N) is 2. The van der Waals surface area contributed by atoms with E-state index in [9.17, 15) is 0 Å². The van der Waals surface area contributed by atoms with Crippen molar-refractivity contribution in [2.45, 2.75) is 17.7 Å². The van der Waals surface area contributed by atoms with Crippen LogP contribution in [0.5, 0.6) is 0 Å². The van der Waals surface area contributed by atoms with E-state index in [-0.39, 0.29) is 40.1 Å². The van der Waals surface area contributed by atoms with Gasteiger partial charge in [0.1, 0.15) is 5.82 Å². The molecule has 2 nitrogen and oxygen atoms in total. The average molecular weight is 297 g/mol.